The van der Waals surface area contributed by atoms with E-state index in [1.807, 2.05) is 19.1 Å². The quantitative estimate of drug-likeness (QED) is 0.359. The van der Waals surface area contributed by atoms with E-state index in [1.54, 1.807) is 12.1 Å². The highest BCUT2D eigenvalue weighted by molar-refractivity contribution is 5.46. The van der Waals surface area contributed by atoms with Gasteiger partial charge in [-0.1, -0.05) is 32.9 Å². The topological polar surface area (TPSA) is 77.8 Å². The number of nitrogens with one attached hydrogen (secondary N) is 1. The maximum absolute atomic E-state index is 10.3. The summed E-state index contributed by atoms with van der Waals surface area (Å²) >= 11 is 0. The first-order chi connectivity index (χ1) is 15.5. The maximum Gasteiger partial charge on any atom is 0.145 e. The van der Waals surface area contributed by atoms with Gasteiger partial charge < -0.3 is 20.3 Å². The summed E-state index contributed by atoms with van der Waals surface area (Å²) in [6.45, 7) is 13.7. The molecule has 0 saturated carbocycles. The molecule has 178 valence electrons. The van der Waals surface area contributed by atoms with Crippen molar-refractivity contribution in [3.05, 3.63) is 52.3 Å². The number of aliphatic hydroxyl groups excluding tert-OH is 1. The first kappa shape index (κ1) is 26.1. The fourth-order valence-electron chi connectivity index (χ4n) is 3.85. The lowest BCUT2D eigenvalue weighted by atomic mass is 9.98. The normalized spacial score (nSPS) is 11.3. The van der Waals surface area contributed by atoms with Gasteiger partial charge in [0.15, 0.2) is 0 Å². The zero-order valence-electron chi connectivity index (χ0n) is 20.3. The lowest BCUT2D eigenvalue weighted by Crippen LogP contribution is -2.24. The van der Waals surface area contributed by atoms with Crippen LogP contribution in [0.1, 0.15) is 68.1 Å². The molecule has 32 heavy (non-hydrogen) atoms. The number of aryl methyl sites for hydroxylation is 1. The van der Waals surface area contributed by atoms with Crippen LogP contribution in [-0.4, -0.2) is 52.9 Å². The van der Waals surface area contributed by atoms with Crippen molar-refractivity contribution in [2.24, 2.45) is 0 Å². The molecule has 3 N–H and O–H groups in total. The van der Waals surface area contributed by atoms with Crippen LogP contribution in [0.25, 0.3) is 0 Å². The summed E-state index contributed by atoms with van der Waals surface area (Å²) in [6.07, 6.45) is 3.80. The van der Waals surface area contributed by atoms with E-state index in [-0.39, 0.29) is 12.4 Å². The van der Waals surface area contributed by atoms with Gasteiger partial charge in [0, 0.05) is 24.1 Å². The summed E-state index contributed by atoms with van der Waals surface area (Å²) in [5, 5.41) is 23.3. The number of aromatic nitrogens is 1. The minimum atomic E-state index is -0.0748. The van der Waals surface area contributed by atoms with E-state index >= 15 is 0 Å². The third kappa shape index (κ3) is 7.76. The molecule has 0 atom stereocenters. The van der Waals surface area contributed by atoms with Crippen LogP contribution in [0.3, 0.4) is 0 Å². The predicted octanol–water partition coefficient (Wildman–Crippen LogP) is 4.18. The van der Waals surface area contributed by atoms with Crippen molar-refractivity contribution in [2.75, 3.05) is 32.8 Å². The molecular formula is C26H41N3O3. The molecule has 0 aliphatic rings. The average Bonchev–Trinajstić information content (AvgIpc) is 2.79. The molecule has 0 aliphatic carbocycles. The summed E-state index contributed by atoms with van der Waals surface area (Å²) in [5.41, 5.74) is 4.68. The molecule has 6 nitrogen and oxygen atoms in total. The minimum absolute atomic E-state index is 0.0748. The fourth-order valence-corrected chi connectivity index (χ4v) is 3.85. The van der Waals surface area contributed by atoms with Gasteiger partial charge in [0.05, 0.1) is 24.6 Å². The Labute approximate surface area is 193 Å². The van der Waals surface area contributed by atoms with Gasteiger partial charge in [-0.25, -0.2) is 0 Å². The van der Waals surface area contributed by atoms with E-state index in [1.165, 1.54) is 0 Å². The lowest BCUT2D eigenvalue weighted by Gasteiger charge is -2.25. The molecule has 0 fully saturated rings. The molecule has 0 aliphatic heterocycles. The van der Waals surface area contributed by atoms with E-state index in [2.05, 4.69) is 31.0 Å². The standard InChI is InChI=1S/C26H41N3O3/c1-5-14-27-15-8-9-16-32-26-20(4)28-25(17-21-10-12-22(31)13-11-21)24(19-30)23(26)18-29(6-2)7-3/h10-13,27,30-31H,5-9,14-19H2,1-4H3. The Morgan fingerprint density at radius 2 is 1.72 bits per heavy atom. The number of aliphatic hydroxyl groups is 1. The zero-order chi connectivity index (χ0) is 23.3. The largest absolute Gasteiger partial charge is 0.508 e. The van der Waals surface area contributed by atoms with Gasteiger partial charge in [-0.3, -0.25) is 9.88 Å². The maximum atomic E-state index is 10.3. The molecule has 0 unspecified atom stereocenters. The molecule has 2 aromatic rings. The van der Waals surface area contributed by atoms with Crippen molar-refractivity contribution in [3.8, 4) is 11.5 Å². The summed E-state index contributed by atoms with van der Waals surface area (Å²) in [5.74, 6) is 1.06. The molecule has 0 saturated heterocycles. The highest BCUT2D eigenvalue weighted by Gasteiger charge is 2.20. The van der Waals surface area contributed by atoms with E-state index in [0.717, 1.165) is 85.8 Å². The minimum Gasteiger partial charge on any atom is -0.508 e. The van der Waals surface area contributed by atoms with Gasteiger partial charge >= 0.3 is 0 Å². The van der Waals surface area contributed by atoms with Crippen LogP contribution in [0, 0.1) is 6.92 Å². The van der Waals surface area contributed by atoms with Crippen molar-refractivity contribution >= 4 is 0 Å². The van der Waals surface area contributed by atoms with Crippen LogP contribution < -0.4 is 10.1 Å². The van der Waals surface area contributed by atoms with Crippen LogP contribution in [0.15, 0.2) is 24.3 Å². The lowest BCUT2D eigenvalue weighted by molar-refractivity contribution is 0.253. The Bertz CT molecular complexity index is 805. The molecule has 0 radical (unpaired) electrons. The molecule has 2 rings (SSSR count). The third-order valence-electron chi connectivity index (χ3n) is 5.78. The molecule has 0 amide bonds. The second kappa shape index (κ2) is 14.1. The van der Waals surface area contributed by atoms with Crippen LogP contribution in [-0.2, 0) is 19.6 Å². The van der Waals surface area contributed by atoms with E-state index in [0.29, 0.717) is 13.0 Å². The fraction of sp³-hybridized carbons (Fsp3) is 0.577. The van der Waals surface area contributed by atoms with Crippen molar-refractivity contribution < 1.29 is 14.9 Å². The zero-order valence-corrected chi connectivity index (χ0v) is 20.3. The number of nitrogens with zero attached hydrogens (tertiary/aromatic N) is 2. The second-order valence-electron chi connectivity index (χ2n) is 8.20. The summed E-state index contributed by atoms with van der Waals surface area (Å²) in [6, 6.07) is 7.16. The number of phenolic OH excluding ortho intramolecular Hbond substituents is 1. The summed E-state index contributed by atoms with van der Waals surface area (Å²) in [7, 11) is 0. The summed E-state index contributed by atoms with van der Waals surface area (Å²) < 4.78 is 6.27. The third-order valence-corrected chi connectivity index (χ3v) is 5.78. The van der Waals surface area contributed by atoms with E-state index in [4.69, 9.17) is 9.72 Å². The predicted molar refractivity (Wildman–Crippen MR) is 130 cm³/mol. The molecule has 1 heterocycles. The molecule has 1 aromatic heterocycles. The Morgan fingerprint density at radius 3 is 2.34 bits per heavy atom. The van der Waals surface area contributed by atoms with Gasteiger partial charge in [0.1, 0.15) is 11.5 Å². The van der Waals surface area contributed by atoms with Crippen LogP contribution in [0.4, 0.5) is 0 Å². The van der Waals surface area contributed by atoms with Crippen molar-refractivity contribution in [1.82, 2.24) is 15.2 Å². The number of ether oxygens (including phenoxy) is 1. The molecular weight excluding hydrogens is 402 g/mol. The Balaban J connectivity index is 2.27. The van der Waals surface area contributed by atoms with Gasteiger partial charge in [0.2, 0.25) is 0 Å². The number of hydrogen-bond acceptors (Lipinski definition) is 6. The van der Waals surface area contributed by atoms with E-state index < -0.39 is 0 Å². The number of phenols is 1. The highest BCUT2D eigenvalue weighted by Crippen LogP contribution is 2.31. The smallest absolute Gasteiger partial charge is 0.145 e. The number of rotatable bonds is 15. The van der Waals surface area contributed by atoms with Crippen LogP contribution >= 0.6 is 0 Å². The Kier molecular flexibility index (Phi) is 11.5. The number of benzene rings is 1. The molecule has 0 spiro atoms. The van der Waals surface area contributed by atoms with Gasteiger partial charge in [-0.15, -0.1) is 0 Å². The Morgan fingerprint density at radius 1 is 1.00 bits per heavy atom. The second-order valence-corrected chi connectivity index (χ2v) is 8.20. The SMILES string of the molecule is CCCNCCCCOc1c(C)nc(Cc2ccc(O)cc2)c(CO)c1CN(CC)CC. The number of aromatic hydroxyl groups is 1. The molecule has 1 aromatic carbocycles. The molecule has 0 bridgehead atoms. The number of unbranched alkanes of at least 4 members (excludes halogenated alkanes) is 1. The highest BCUT2D eigenvalue weighted by atomic mass is 16.5. The van der Waals surface area contributed by atoms with Gasteiger partial charge in [-0.2, -0.15) is 0 Å². The first-order valence-corrected chi connectivity index (χ1v) is 12.0. The first-order valence-electron chi connectivity index (χ1n) is 12.0. The number of hydrogen-bond donors (Lipinski definition) is 3. The van der Waals surface area contributed by atoms with Crippen molar-refractivity contribution in [1.29, 1.82) is 0 Å². The van der Waals surface area contributed by atoms with Gasteiger partial charge in [0.25, 0.3) is 0 Å². The van der Waals surface area contributed by atoms with Crippen LogP contribution in [0.5, 0.6) is 11.5 Å². The van der Waals surface area contributed by atoms with E-state index in [9.17, 15) is 10.2 Å². The number of pyridine rings is 1. The Hall–Kier alpha value is -2.15. The van der Waals surface area contributed by atoms with Crippen LogP contribution in [0.2, 0.25) is 0 Å². The van der Waals surface area contributed by atoms with Gasteiger partial charge in [-0.05, 0) is 70.1 Å². The van der Waals surface area contributed by atoms with Crippen molar-refractivity contribution in [2.45, 2.75) is 66.5 Å². The molecule has 6 heteroatoms. The monoisotopic (exact) mass is 443 g/mol. The average molecular weight is 444 g/mol. The summed E-state index contributed by atoms with van der Waals surface area (Å²) in [4.78, 5) is 7.18. The van der Waals surface area contributed by atoms with Crippen molar-refractivity contribution in [3.63, 3.8) is 0 Å².